The lowest BCUT2D eigenvalue weighted by atomic mass is 9.99. The van der Waals surface area contributed by atoms with Crippen LogP contribution in [0.25, 0.3) is 0 Å². The summed E-state index contributed by atoms with van der Waals surface area (Å²) in [4.78, 5) is 2.21. The lowest BCUT2D eigenvalue weighted by Gasteiger charge is -2.32. The minimum Gasteiger partial charge on any atom is -0.326 e. The van der Waals surface area contributed by atoms with Crippen molar-refractivity contribution in [3.05, 3.63) is 69.7 Å². The standard InChI is InChI=1S/C17H20Cl2N2/c1-12(20)17(13-7-5-8-15(18)10-13)21(2)11-14-6-3-4-9-16(14)19/h3-10,12,17H,11,20H2,1-2H3. The van der Waals surface area contributed by atoms with E-state index in [1.807, 2.05) is 49.4 Å². The molecule has 0 aromatic heterocycles. The van der Waals surface area contributed by atoms with E-state index >= 15 is 0 Å². The number of benzene rings is 2. The van der Waals surface area contributed by atoms with E-state index in [1.165, 1.54) is 0 Å². The lowest BCUT2D eigenvalue weighted by molar-refractivity contribution is 0.211. The van der Waals surface area contributed by atoms with E-state index in [0.717, 1.165) is 27.7 Å². The van der Waals surface area contributed by atoms with Gasteiger partial charge in [0.2, 0.25) is 0 Å². The van der Waals surface area contributed by atoms with E-state index in [2.05, 4.69) is 18.0 Å². The number of rotatable bonds is 5. The third-order valence-electron chi connectivity index (χ3n) is 3.54. The molecular formula is C17H20Cl2N2. The molecule has 0 aliphatic heterocycles. The summed E-state index contributed by atoms with van der Waals surface area (Å²) in [5.41, 5.74) is 8.40. The first kappa shape index (κ1) is 16.3. The zero-order chi connectivity index (χ0) is 15.4. The van der Waals surface area contributed by atoms with Gasteiger partial charge in [0.05, 0.1) is 0 Å². The SMILES string of the molecule is CC(N)C(c1cccc(Cl)c1)N(C)Cc1ccccc1Cl. The average Bonchev–Trinajstić information content (AvgIpc) is 2.41. The highest BCUT2D eigenvalue weighted by atomic mass is 35.5. The highest BCUT2D eigenvalue weighted by Crippen LogP contribution is 2.27. The van der Waals surface area contributed by atoms with Crippen molar-refractivity contribution in [3.63, 3.8) is 0 Å². The molecule has 0 aliphatic carbocycles. The maximum absolute atomic E-state index is 6.24. The Morgan fingerprint density at radius 1 is 1.10 bits per heavy atom. The van der Waals surface area contributed by atoms with Crippen LogP contribution >= 0.6 is 23.2 Å². The molecule has 21 heavy (non-hydrogen) atoms. The van der Waals surface area contributed by atoms with Crippen LogP contribution in [0.4, 0.5) is 0 Å². The number of hydrogen-bond acceptors (Lipinski definition) is 2. The highest BCUT2D eigenvalue weighted by Gasteiger charge is 2.22. The predicted octanol–water partition coefficient (Wildman–Crippen LogP) is 4.51. The number of halogens is 2. The quantitative estimate of drug-likeness (QED) is 0.877. The van der Waals surface area contributed by atoms with Crippen molar-refractivity contribution in [2.75, 3.05) is 7.05 Å². The van der Waals surface area contributed by atoms with Gasteiger partial charge in [-0.2, -0.15) is 0 Å². The van der Waals surface area contributed by atoms with Gasteiger partial charge in [-0.1, -0.05) is 53.5 Å². The van der Waals surface area contributed by atoms with Gasteiger partial charge in [0.25, 0.3) is 0 Å². The topological polar surface area (TPSA) is 29.3 Å². The first-order valence-corrected chi connectivity index (χ1v) is 7.69. The van der Waals surface area contributed by atoms with Crippen LogP contribution in [0.2, 0.25) is 10.0 Å². The first-order chi connectivity index (χ1) is 9.99. The molecule has 0 spiro atoms. The normalized spacial score (nSPS) is 14.2. The molecule has 2 N–H and O–H groups in total. The van der Waals surface area contributed by atoms with Gasteiger partial charge >= 0.3 is 0 Å². The molecule has 0 radical (unpaired) electrons. The van der Waals surface area contributed by atoms with E-state index in [4.69, 9.17) is 28.9 Å². The summed E-state index contributed by atoms with van der Waals surface area (Å²) in [6, 6.07) is 15.8. The van der Waals surface area contributed by atoms with Gasteiger partial charge in [0, 0.05) is 28.7 Å². The molecule has 0 amide bonds. The molecule has 2 rings (SSSR count). The summed E-state index contributed by atoms with van der Waals surface area (Å²) in [6.45, 7) is 2.74. The fourth-order valence-electron chi connectivity index (χ4n) is 2.64. The Morgan fingerprint density at radius 2 is 1.81 bits per heavy atom. The lowest BCUT2D eigenvalue weighted by Crippen LogP contribution is -2.37. The van der Waals surface area contributed by atoms with Crippen molar-refractivity contribution in [2.45, 2.75) is 25.6 Å². The van der Waals surface area contributed by atoms with Crippen LogP contribution in [-0.4, -0.2) is 18.0 Å². The van der Waals surface area contributed by atoms with Crippen molar-refractivity contribution < 1.29 is 0 Å². The minimum absolute atomic E-state index is 0.0176. The molecule has 4 heteroatoms. The molecule has 0 aliphatic rings. The predicted molar refractivity (Wildman–Crippen MR) is 90.8 cm³/mol. The van der Waals surface area contributed by atoms with E-state index in [0.29, 0.717) is 0 Å². The molecule has 0 bridgehead atoms. The van der Waals surface area contributed by atoms with Crippen molar-refractivity contribution in [3.8, 4) is 0 Å². The van der Waals surface area contributed by atoms with Crippen LogP contribution in [-0.2, 0) is 6.54 Å². The van der Waals surface area contributed by atoms with Gasteiger partial charge < -0.3 is 5.73 Å². The van der Waals surface area contributed by atoms with Gasteiger partial charge in [-0.15, -0.1) is 0 Å². The fraction of sp³-hybridized carbons (Fsp3) is 0.294. The van der Waals surface area contributed by atoms with Crippen LogP contribution in [0.5, 0.6) is 0 Å². The highest BCUT2D eigenvalue weighted by molar-refractivity contribution is 6.31. The second-order valence-corrected chi connectivity index (χ2v) is 6.21. The Kier molecular flexibility index (Phi) is 5.65. The van der Waals surface area contributed by atoms with Crippen LogP contribution < -0.4 is 5.73 Å². The molecule has 0 fully saturated rings. The summed E-state index contributed by atoms with van der Waals surface area (Å²) in [5.74, 6) is 0. The second kappa shape index (κ2) is 7.28. The fourth-order valence-corrected chi connectivity index (χ4v) is 3.04. The third-order valence-corrected chi connectivity index (χ3v) is 4.14. The summed E-state index contributed by atoms with van der Waals surface area (Å²) in [6.07, 6.45) is 0. The number of nitrogens with two attached hydrogens (primary N) is 1. The molecule has 2 atom stereocenters. The molecule has 2 unspecified atom stereocenters. The Bertz CT molecular complexity index is 599. The second-order valence-electron chi connectivity index (χ2n) is 5.37. The van der Waals surface area contributed by atoms with Gasteiger partial charge in [0.15, 0.2) is 0 Å². The molecule has 2 nitrogen and oxygen atoms in total. The van der Waals surface area contributed by atoms with Crippen molar-refractivity contribution in [1.82, 2.24) is 4.90 Å². The Hall–Kier alpha value is -1.06. The van der Waals surface area contributed by atoms with E-state index in [1.54, 1.807) is 0 Å². The Labute approximate surface area is 136 Å². The summed E-state index contributed by atoms with van der Waals surface area (Å²) in [5, 5.41) is 1.50. The molecule has 0 saturated heterocycles. The molecule has 112 valence electrons. The van der Waals surface area contributed by atoms with E-state index in [-0.39, 0.29) is 12.1 Å². The molecule has 0 saturated carbocycles. The number of hydrogen-bond donors (Lipinski definition) is 1. The van der Waals surface area contributed by atoms with Crippen LogP contribution in [0.3, 0.4) is 0 Å². The zero-order valence-corrected chi connectivity index (χ0v) is 13.8. The monoisotopic (exact) mass is 322 g/mol. The average molecular weight is 323 g/mol. The van der Waals surface area contributed by atoms with Gasteiger partial charge in [-0.25, -0.2) is 0 Å². The van der Waals surface area contributed by atoms with Gasteiger partial charge in [-0.05, 0) is 43.3 Å². The molecular weight excluding hydrogens is 303 g/mol. The molecule has 0 heterocycles. The van der Waals surface area contributed by atoms with Crippen LogP contribution in [0.1, 0.15) is 24.1 Å². The van der Waals surface area contributed by atoms with Gasteiger partial charge in [-0.3, -0.25) is 4.90 Å². The largest absolute Gasteiger partial charge is 0.326 e. The minimum atomic E-state index is -0.0176. The van der Waals surface area contributed by atoms with Crippen molar-refractivity contribution in [2.24, 2.45) is 5.73 Å². The summed E-state index contributed by atoms with van der Waals surface area (Å²) in [7, 11) is 2.05. The summed E-state index contributed by atoms with van der Waals surface area (Å²) < 4.78 is 0. The Balaban J connectivity index is 2.24. The summed E-state index contributed by atoms with van der Waals surface area (Å²) >= 11 is 12.3. The zero-order valence-electron chi connectivity index (χ0n) is 12.3. The third kappa shape index (κ3) is 4.21. The van der Waals surface area contributed by atoms with Gasteiger partial charge in [0.1, 0.15) is 0 Å². The first-order valence-electron chi connectivity index (χ1n) is 6.93. The van der Waals surface area contributed by atoms with Crippen molar-refractivity contribution in [1.29, 1.82) is 0 Å². The molecule has 2 aromatic rings. The maximum Gasteiger partial charge on any atom is 0.0497 e. The Morgan fingerprint density at radius 3 is 2.43 bits per heavy atom. The number of nitrogens with zero attached hydrogens (tertiary/aromatic N) is 1. The molecule has 2 aromatic carbocycles. The van der Waals surface area contributed by atoms with E-state index < -0.39 is 0 Å². The maximum atomic E-state index is 6.24. The van der Waals surface area contributed by atoms with Crippen LogP contribution in [0, 0.1) is 0 Å². The van der Waals surface area contributed by atoms with Crippen LogP contribution in [0.15, 0.2) is 48.5 Å². The van der Waals surface area contributed by atoms with Crippen molar-refractivity contribution >= 4 is 23.2 Å². The smallest absolute Gasteiger partial charge is 0.0497 e. The van der Waals surface area contributed by atoms with E-state index in [9.17, 15) is 0 Å². The number of likely N-dealkylation sites (N-methyl/N-ethyl adjacent to an activating group) is 1.